The number of nitrogens with zero attached hydrogens (tertiary/aromatic N) is 3. The van der Waals surface area contributed by atoms with Gasteiger partial charge in [0.25, 0.3) is 0 Å². The minimum Gasteiger partial charge on any atom is -0.398 e. The highest BCUT2D eigenvalue weighted by molar-refractivity contribution is 5.72. The molecule has 2 N–H and O–H groups in total. The molecule has 0 aliphatic carbocycles. The molecule has 1 atom stereocenters. The zero-order valence-corrected chi connectivity index (χ0v) is 10.7. The lowest BCUT2D eigenvalue weighted by molar-refractivity contribution is 0.0643. The maximum Gasteiger partial charge on any atom is 0.0951 e. The molecule has 0 spiro atoms. The summed E-state index contributed by atoms with van der Waals surface area (Å²) in [6, 6.07) is 1.79. The molecule has 5 nitrogen and oxygen atoms in total. The molecule has 0 aliphatic heterocycles. The van der Waals surface area contributed by atoms with E-state index in [2.05, 4.69) is 9.97 Å². The molecule has 0 saturated heterocycles. The Morgan fingerprint density at radius 2 is 2.22 bits per heavy atom. The molecular formula is C13H18N4O. The van der Waals surface area contributed by atoms with Crippen LogP contribution in [0.4, 0.5) is 5.69 Å². The van der Waals surface area contributed by atoms with Crippen LogP contribution < -0.4 is 5.73 Å². The highest BCUT2D eigenvalue weighted by Crippen LogP contribution is 2.24. The van der Waals surface area contributed by atoms with Crippen LogP contribution in [0.15, 0.2) is 31.0 Å². The van der Waals surface area contributed by atoms with Crippen LogP contribution in [-0.2, 0) is 11.3 Å². The molecule has 1 unspecified atom stereocenters. The number of hydrogen-bond acceptors (Lipinski definition) is 4. The Morgan fingerprint density at radius 1 is 1.39 bits per heavy atom. The number of anilines is 1. The number of pyridine rings is 1. The summed E-state index contributed by atoms with van der Waals surface area (Å²) in [5.74, 6) is 0. The maximum absolute atomic E-state index is 5.96. The molecule has 5 heteroatoms. The predicted molar refractivity (Wildman–Crippen MR) is 71.0 cm³/mol. The largest absolute Gasteiger partial charge is 0.398 e. The molecule has 0 saturated carbocycles. The quantitative estimate of drug-likeness (QED) is 0.875. The van der Waals surface area contributed by atoms with Crippen molar-refractivity contribution >= 4 is 5.69 Å². The molecule has 2 heterocycles. The van der Waals surface area contributed by atoms with Gasteiger partial charge in [0.05, 0.1) is 30.9 Å². The molecule has 96 valence electrons. The molecule has 18 heavy (non-hydrogen) atoms. The molecule has 2 aromatic heterocycles. The fraction of sp³-hybridized carbons (Fsp3) is 0.385. The molecule has 0 fully saturated rings. The van der Waals surface area contributed by atoms with Gasteiger partial charge in [-0.15, -0.1) is 0 Å². The minimum atomic E-state index is 0.140. The average Bonchev–Trinajstić information content (AvgIpc) is 2.78. The van der Waals surface area contributed by atoms with Crippen LogP contribution in [0, 0.1) is 0 Å². The third-order valence-electron chi connectivity index (χ3n) is 2.75. The van der Waals surface area contributed by atoms with Gasteiger partial charge in [0.1, 0.15) is 0 Å². The fourth-order valence-corrected chi connectivity index (χ4v) is 1.92. The lowest BCUT2D eigenvalue weighted by atomic mass is 10.2. The van der Waals surface area contributed by atoms with Crippen molar-refractivity contribution in [3.63, 3.8) is 0 Å². The number of nitrogens with two attached hydrogens (primary N) is 1. The molecule has 0 amide bonds. The zero-order chi connectivity index (χ0) is 13.0. The van der Waals surface area contributed by atoms with Gasteiger partial charge in [-0.1, -0.05) is 0 Å². The summed E-state index contributed by atoms with van der Waals surface area (Å²) in [6.07, 6.45) is 7.17. The van der Waals surface area contributed by atoms with Gasteiger partial charge in [0.15, 0.2) is 0 Å². The normalized spacial score (nSPS) is 12.6. The van der Waals surface area contributed by atoms with E-state index in [9.17, 15) is 0 Å². The van der Waals surface area contributed by atoms with Crippen molar-refractivity contribution in [1.82, 2.24) is 14.5 Å². The van der Waals surface area contributed by atoms with Gasteiger partial charge in [-0.2, -0.15) is 0 Å². The van der Waals surface area contributed by atoms with E-state index in [1.165, 1.54) is 0 Å². The van der Waals surface area contributed by atoms with Crippen molar-refractivity contribution < 1.29 is 4.74 Å². The first-order valence-corrected chi connectivity index (χ1v) is 6.04. The predicted octanol–water partition coefficient (Wildman–Crippen LogP) is 1.95. The SMILES string of the molecule is CCOC(C)Cn1cncc1-c1cnccc1N. The molecule has 2 rings (SSSR count). The van der Waals surface area contributed by atoms with Gasteiger partial charge in [0.2, 0.25) is 0 Å². The first-order valence-electron chi connectivity index (χ1n) is 6.04. The van der Waals surface area contributed by atoms with E-state index in [1.807, 2.05) is 18.4 Å². The van der Waals surface area contributed by atoms with E-state index in [-0.39, 0.29) is 6.10 Å². The van der Waals surface area contributed by atoms with E-state index in [0.29, 0.717) is 12.3 Å². The second-order valence-corrected chi connectivity index (χ2v) is 4.16. The maximum atomic E-state index is 5.96. The number of imidazole rings is 1. The summed E-state index contributed by atoms with van der Waals surface area (Å²) in [5.41, 5.74) is 8.53. The first-order chi connectivity index (χ1) is 8.72. The van der Waals surface area contributed by atoms with Crippen LogP contribution in [0.3, 0.4) is 0 Å². The van der Waals surface area contributed by atoms with E-state index in [4.69, 9.17) is 10.5 Å². The van der Waals surface area contributed by atoms with Crippen LogP contribution in [0.1, 0.15) is 13.8 Å². The second-order valence-electron chi connectivity index (χ2n) is 4.16. The number of aromatic nitrogens is 3. The van der Waals surface area contributed by atoms with Crippen molar-refractivity contribution in [3.8, 4) is 11.3 Å². The third-order valence-corrected chi connectivity index (χ3v) is 2.75. The summed E-state index contributed by atoms with van der Waals surface area (Å²) in [6.45, 7) is 5.49. The van der Waals surface area contributed by atoms with Crippen molar-refractivity contribution in [3.05, 3.63) is 31.0 Å². The lowest BCUT2D eigenvalue weighted by Gasteiger charge is -2.15. The Labute approximate surface area is 107 Å². The van der Waals surface area contributed by atoms with Gasteiger partial charge in [0, 0.05) is 30.3 Å². The van der Waals surface area contributed by atoms with E-state index < -0.39 is 0 Å². The Kier molecular flexibility index (Phi) is 3.94. The standard InChI is InChI=1S/C13H18N4O/c1-3-18-10(2)8-17-9-16-7-13(17)11-6-15-5-4-12(11)14/h4-7,9-10H,3,8H2,1-2H3,(H2,14,15). The summed E-state index contributed by atoms with van der Waals surface area (Å²) < 4.78 is 7.58. The van der Waals surface area contributed by atoms with Gasteiger partial charge in [-0.05, 0) is 19.9 Å². The molecule has 2 aromatic rings. The summed E-state index contributed by atoms with van der Waals surface area (Å²) in [4.78, 5) is 8.28. The van der Waals surface area contributed by atoms with Crippen molar-refractivity contribution in [2.45, 2.75) is 26.5 Å². The van der Waals surface area contributed by atoms with Gasteiger partial charge in [-0.25, -0.2) is 4.98 Å². The number of nitrogen functional groups attached to an aromatic ring is 1. The monoisotopic (exact) mass is 246 g/mol. The van der Waals surface area contributed by atoms with Crippen molar-refractivity contribution in [2.24, 2.45) is 0 Å². The molecule has 0 radical (unpaired) electrons. The van der Waals surface area contributed by atoms with Gasteiger partial charge < -0.3 is 15.0 Å². The highest BCUT2D eigenvalue weighted by Gasteiger charge is 2.11. The van der Waals surface area contributed by atoms with Crippen LogP contribution in [0.2, 0.25) is 0 Å². The van der Waals surface area contributed by atoms with Crippen LogP contribution in [-0.4, -0.2) is 27.2 Å². The minimum absolute atomic E-state index is 0.140. The van der Waals surface area contributed by atoms with Crippen LogP contribution in [0.5, 0.6) is 0 Å². The van der Waals surface area contributed by atoms with Crippen molar-refractivity contribution in [2.75, 3.05) is 12.3 Å². The second kappa shape index (κ2) is 5.64. The average molecular weight is 246 g/mol. The number of hydrogen-bond donors (Lipinski definition) is 1. The summed E-state index contributed by atoms with van der Waals surface area (Å²) in [5, 5.41) is 0. The fourth-order valence-electron chi connectivity index (χ4n) is 1.92. The third kappa shape index (κ3) is 2.68. The van der Waals surface area contributed by atoms with Crippen LogP contribution >= 0.6 is 0 Å². The van der Waals surface area contributed by atoms with Crippen LogP contribution in [0.25, 0.3) is 11.3 Å². The highest BCUT2D eigenvalue weighted by atomic mass is 16.5. The molecule has 0 bridgehead atoms. The Hall–Kier alpha value is -1.88. The first kappa shape index (κ1) is 12.6. The molecule has 0 aliphatic rings. The number of ether oxygens (including phenoxy) is 1. The zero-order valence-electron chi connectivity index (χ0n) is 10.7. The Bertz CT molecular complexity index is 509. The Morgan fingerprint density at radius 3 is 2.94 bits per heavy atom. The smallest absolute Gasteiger partial charge is 0.0951 e. The lowest BCUT2D eigenvalue weighted by Crippen LogP contribution is -2.16. The summed E-state index contributed by atoms with van der Waals surface area (Å²) in [7, 11) is 0. The molecule has 0 aromatic carbocycles. The summed E-state index contributed by atoms with van der Waals surface area (Å²) >= 11 is 0. The van der Waals surface area contributed by atoms with Gasteiger partial charge in [-0.3, -0.25) is 4.98 Å². The topological polar surface area (TPSA) is 66.0 Å². The van der Waals surface area contributed by atoms with Crippen molar-refractivity contribution in [1.29, 1.82) is 0 Å². The number of rotatable bonds is 5. The van der Waals surface area contributed by atoms with E-state index in [0.717, 1.165) is 17.8 Å². The van der Waals surface area contributed by atoms with Gasteiger partial charge >= 0.3 is 0 Å². The van der Waals surface area contributed by atoms with E-state index in [1.54, 1.807) is 31.0 Å². The molecular weight excluding hydrogens is 228 g/mol. The van der Waals surface area contributed by atoms with E-state index >= 15 is 0 Å². The Balaban J connectivity index is 2.25.